The highest BCUT2D eigenvalue weighted by atomic mass is 16.6. The number of hydrogen-bond acceptors (Lipinski definition) is 8. The average Bonchev–Trinajstić information content (AvgIpc) is 2.79. The van der Waals surface area contributed by atoms with Gasteiger partial charge < -0.3 is 23.0 Å². The van der Waals surface area contributed by atoms with Gasteiger partial charge in [-0.1, -0.05) is 12.1 Å². The van der Waals surface area contributed by atoms with E-state index in [1.807, 2.05) is 0 Å². The van der Waals surface area contributed by atoms with Crippen LogP contribution in [0.3, 0.4) is 0 Å². The molecule has 0 fully saturated rings. The molecule has 0 amide bonds. The van der Waals surface area contributed by atoms with Crippen LogP contribution in [-0.4, -0.2) is 26.3 Å². The summed E-state index contributed by atoms with van der Waals surface area (Å²) >= 11 is 0. The minimum atomic E-state index is -0.853. The van der Waals surface area contributed by atoms with E-state index in [0.717, 1.165) is 0 Å². The zero-order valence-electron chi connectivity index (χ0n) is 17.9. The molecule has 0 aliphatic heterocycles. The molecule has 8 heteroatoms. The number of ether oxygens (including phenoxy) is 3. The normalized spacial score (nSPS) is 12.0. The maximum Gasteiger partial charge on any atom is 0.346 e. The Balaban J connectivity index is 1.92. The Morgan fingerprint density at radius 1 is 0.938 bits per heavy atom. The second kappa shape index (κ2) is 8.22. The fraction of sp³-hybridized carbons (Fsp3) is 0.208. The maximum absolute atomic E-state index is 12.8. The molecule has 0 saturated heterocycles. The highest BCUT2D eigenvalue weighted by molar-refractivity contribution is 5.97. The third-order valence-corrected chi connectivity index (χ3v) is 5.18. The Morgan fingerprint density at radius 2 is 1.72 bits per heavy atom. The van der Waals surface area contributed by atoms with Crippen molar-refractivity contribution in [3.63, 3.8) is 0 Å². The Labute approximate surface area is 181 Å². The molecule has 0 radical (unpaired) electrons. The van der Waals surface area contributed by atoms with Crippen molar-refractivity contribution in [3.05, 3.63) is 68.9 Å². The Bertz CT molecular complexity index is 1460. The fourth-order valence-corrected chi connectivity index (χ4v) is 3.56. The predicted molar refractivity (Wildman–Crippen MR) is 117 cm³/mol. The average molecular weight is 436 g/mol. The molecule has 8 nitrogen and oxygen atoms in total. The zero-order valence-corrected chi connectivity index (χ0v) is 17.9. The first-order valence-corrected chi connectivity index (χ1v) is 9.77. The molecule has 4 aromatic rings. The van der Waals surface area contributed by atoms with E-state index in [2.05, 4.69) is 4.74 Å². The van der Waals surface area contributed by atoms with E-state index in [-0.39, 0.29) is 11.1 Å². The van der Waals surface area contributed by atoms with Crippen molar-refractivity contribution in [3.8, 4) is 22.6 Å². The first kappa shape index (κ1) is 21.2. The van der Waals surface area contributed by atoms with Crippen LogP contribution in [-0.2, 0) is 9.53 Å². The van der Waals surface area contributed by atoms with E-state index >= 15 is 0 Å². The highest BCUT2D eigenvalue weighted by Crippen LogP contribution is 2.34. The molecule has 0 saturated carbocycles. The zero-order chi connectivity index (χ0) is 23.0. The van der Waals surface area contributed by atoms with Gasteiger partial charge in [-0.05, 0) is 38.1 Å². The lowest BCUT2D eigenvalue weighted by Crippen LogP contribution is -2.25. The summed E-state index contributed by atoms with van der Waals surface area (Å²) in [6.07, 6.45) is -0.853. The molecule has 1 atom stereocenters. The number of para-hydroxylation sites is 1. The number of methoxy groups -OCH3 is 2. The summed E-state index contributed by atoms with van der Waals surface area (Å²) in [4.78, 5) is 36.9. The van der Waals surface area contributed by atoms with Crippen molar-refractivity contribution in [2.75, 3.05) is 14.2 Å². The fourth-order valence-electron chi connectivity index (χ4n) is 3.56. The summed E-state index contributed by atoms with van der Waals surface area (Å²) in [5.74, 6) is 0.246. The molecule has 0 bridgehead atoms. The van der Waals surface area contributed by atoms with Crippen LogP contribution in [0, 0.1) is 6.92 Å². The standard InChI is InChI=1S/C24H20O8/c1-12-18(30-13(2)23(26)29-4)9-8-15-16(11-20(25)31-21(12)15)17-10-14-6-5-7-19(28-3)22(14)32-24(17)27/h5-11,13H,1-4H3/t13-/m0/s1. The van der Waals surface area contributed by atoms with Gasteiger partial charge >= 0.3 is 17.2 Å². The first-order chi connectivity index (χ1) is 15.3. The van der Waals surface area contributed by atoms with Crippen LogP contribution in [0.15, 0.2) is 60.9 Å². The minimum absolute atomic E-state index is 0.208. The molecule has 0 unspecified atom stereocenters. The van der Waals surface area contributed by atoms with Crippen LogP contribution in [0.25, 0.3) is 33.1 Å². The number of esters is 1. The molecule has 164 valence electrons. The molecular formula is C24H20O8. The summed E-state index contributed by atoms with van der Waals surface area (Å²) in [5.41, 5.74) is 0.381. The minimum Gasteiger partial charge on any atom is -0.493 e. The number of hydrogen-bond donors (Lipinski definition) is 0. The van der Waals surface area contributed by atoms with Crippen LogP contribution in [0.4, 0.5) is 0 Å². The number of benzene rings is 2. The van der Waals surface area contributed by atoms with Gasteiger partial charge in [-0.3, -0.25) is 0 Å². The van der Waals surface area contributed by atoms with E-state index in [4.69, 9.17) is 18.3 Å². The van der Waals surface area contributed by atoms with Gasteiger partial charge in [0, 0.05) is 28.0 Å². The van der Waals surface area contributed by atoms with Crippen molar-refractivity contribution in [1.82, 2.24) is 0 Å². The summed E-state index contributed by atoms with van der Waals surface area (Å²) in [5, 5.41) is 1.17. The number of carbonyl (C=O) groups excluding carboxylic acids is 1. The van der Waals surface area contributed by atoms with Gasteiger partial charge in [0.15, 0.2) is 17.4 Å². The molecule has 0 spiro atoms. The second-order valence-corrected chi connectivity index (χ2v) is 7.15. The molecule has 0 aliphatic rings. The van der Waals surface area contributed by atoms with E-state index in [9.17, 15) is 14.4 Å². The van der Waals surface area contributed by atoms with Crippen molar-refractivity contribution in [2.24, 2.45) is 0 Å². The summed E-state index contributed by atoms with van der Waals surface area (Å²) in [6.45, 7) is 3.25. The summed E-state index contributed by atoms with van der Waals surface area (Å²) < 4.78 is 26.5. The Hall–Kier alpha value is -4.07. The van der Waals surface area contributed by atoms with Gasteiger partial charge in [0.05, 0.1) is 19.8 Å². The number of rotatable bonds is 5. The van der Waals surface area contributed by atoms with Crippen LogP contribution in [0.5, 0.6) is 11.5 Å². The van der Waals surface area contributed by atoms with Gasteiger partial charge in [-0.25, -0.2) is 14.4 Å². The molecule has 0 aliphatic carbocycles. The molecule has 32 heavy (non-hydrogen) atoms. The SMILES string of the molecule is COC(=O)[C@H](C)Oc1ccc2c(-c3cc4cccc(OC)c4oc3=O)cc(=O)oc2c1C. The molecule has 2 aromatic carbocycles. The molecule has 2 aromatic heterocycles. The Kier molecular flexibility index (Phi) is 5.44. The van der Waals surface area contributed by atoms with Crippen molar-refractivity contribution < 1.29 is 27.8 Å². The van der Waals surface area contributed by atoms with Crippen LogP contribution >= 0.6 is 0 Å². The van der Waals surface area contributed by atoms with Gasteiger partial charge in [-0.2, -0.15) is 0 Å². The smallest absolute Gasteiger partial charge is 0.346 e. The lowest BCUT2D eigenvalue weighted by molar-refractivity contribution is -0.147. The van der Waals surface area contributed by atoms with Crippen LogP contribution < -0.4 is 20.7 Å². The Morgan fingerprint density at radius 3 is 2.44 bits per heavy atom. The van der Waals surface area contributed by atoms with E-state index in [1.54, 1.807) is 50.2 Å². The predicted octanol–water partition coefficient (Wildman–Crippen LogP) is 3.82. The summed E-state index contributed by atoms with van der Waals surface area (Å²) in [7, 11) is 2.76. The third kappa shape index (κ3) is 3.60. The molecule has 0 N–H and O–H groups in total. The van der Waals surface area contributed by atoms with Gasteiger partial charge in [0.2, 0.25) is 0 Å². The lowest BCUT2D eigenvalue weighted by Gasteiger charge is -2.16. The van der Waals surface area contributed by atoms with Gasteiger partial charge in [0.1, 0.15) is 11.3 Å². The topological polar surface area (TPSA) is 105 Å². The monoisotopic (exact) mass is 436 g/mol. The molecular weight excluding hydrogens is 416 g/mol. The van der Waals surface area contributed by atoms with E-state index in [0.29, 0.717) is 39.0 Å². The van der Waals surface area contributed by atoms with Crippen LogP contribution in [0.1, 0.15) is 12.5 Å². The number of carbonyl (C=O) groups is 1. The highest BCUT2D eigenvalue weighted by Gasteiger charge is 2.20. The lowest BCUT2D eigenvalue weighted by atomic mass is 10.0. The van der Waals surface area contributed by atoms with Crippen molar-refractivity contribution >= 4 is 27.9 Å². The van der Waals surface area contributed by atoms with E-state index < -0.39 is 23.3 Å². The van der Waals surface area contributed by atoms with Crippen LogP contribution in [0.2, 0.25) is 0 Å². The first-order valence-electron chi connectivity index (χ1n) is 9.77. The number of aryl methyl sites for hydroxylation is 1. The summed E-state index contributed by atoms with van der Waals surface area (Å²) in [6, 6.07) is 11.5. The quantitative estimate of drug-likeness (QED) is 0.343. The molecule has 4 rings (SSSR count). The maximum atomic E-state index is 12.8. The third-order valence-electron chi connectivity index (χ3n) is 5.18. The van der Waals surface area contributed by atoms with E-state index in [1.165, 1.54) is 20.3 Å². The molecule has 2 heterocycles. The van der Waals surface area contributed by atoms with Gasteiger partial charge in [-0.15, -0.1) is 0 Å². The second-order valence-electron chi connectivity index (χ2n) is 7.15. The van der Waals surface area contributed by atoms with Crippen molar-refractivity contribution in [1.29, 1.82) is 0 Å². The largest absolute Gasteiger partial charge is 0.493 e. The number of fused-ring (bicyclic) bond motifs is 2. The van der Waals surface area contributed by atoms with Crippen molar-refractivity contribution in [2.45, 2.75) is 20.0 Å². The van der Waals surface area contributed by atoms with Gasteiger partial charge in [0.25, 0.3) is 0 Å².